The number of hydrogen-bond donors (Lipinski definition) is 1. The molecule has 1 N–H and O–H groups in total. The average molecular weight is 370 g/mol. The molecule has 1 unspecified atom stereocenters. The summed E-state index contributed by atoms with van der Waals surface area (Å²) in [4.78, 5) is 6.57. The van der Waals surface area contributed by atoms with Crippen LogP contribution in [0.3, 0.4) is 0 Å². The average Bonchev–Trinajstić information content (AvgIpc) is 3.29. The van der Waals surface area contributed by atoms with E-state index in [1.54, 1.807) is 12.3 Å². The van der Waals surface area contributed by atoms with Crippen molar-refractivity contribution < 1.29 is 13.2 Å². The van der Waals surface area contributed by atoms with Crippen molar-refractivity contribution in [3.63, 3.8) is 0 Å². The van der Waals surface area contributed by atoms with Gasteiger partial charge in [0, 0.05) is 29.2 Å². The summed E-state index contributed by atoms with van der Waals surface area (Å²) >= 11 is 0. The molecule has 3 heterocycles. The number of nitrogens with zero attached hydrogens (tertiary/aromatic N) is 3. The molecule has 1 aliphatic rings. The van der Waals surface area contributed by atoms with Gasteiger partial charge in [0.15, 0.2) is 0 Å². The highest BCUT2D eigenvalue weighted by Crippen LogP contribution is 2.35. The number of para-hydroxylation sites is 1. The maximum atomic E-state index is 12.7. The predicted octanol–water partition coefficient (Wildman–Crippen LogP) is 5.13. The molecule has 4 nitrogen and oxygen atoms in total. The van der Waals surface area contributed by atoms with Crippen LogP contribution in [-0.2, 0) is 6.18 Å². The van der Waals surface area contributed by atoms with E-state index in [-0.39, 0.29) is 5.69 Å². The molecule has 7 heteroatoms. The summed E-state index contributed by atoms with van der Waals surface area (Å²) in [6, 6.07) is 14.9. The van der Waals surface area contributed by atoms with Gasteiger partial charge in [0.25, 0.3) is 0 Å². The van der Waals surface area contributed by atoms with Crippen LogP contribution in [0.2, 0.25) is 0 Å². The maximum Gasteiger partial charge on any atom is 0.432 e. The molecule has 2 aromatic heterocycles. The molecule has 1 aromatic carbocycles. The Kier molecular flexibility index (Phi) is 4.22. The first kappa shape index (κ1) is 17.3. The number of aromatic nitrogens is 3. The lowest BCUT2D eigenvalue weighted by molar-refractivity contribution is -0.141. The van der Waals surface area contributed by atoms with Gasteiger partial charge in [0.2, 0.25) is 0 Å². The van der Waals surface area contributed by atoms with Crippen LogP contribution in [0.4, 0.5) is 18.9 Å². The summed E-state index contributed by atoms with van der Waals surface area (Å²) in [7, 11) is 0. The maximum absolute atomic E-state index is 12.7. The second kappa shape index (κ2) is 6.57. The second-order valence-electron chi connectivity index (χ2n) is 6.48. The molecule has 0 bridgehead atoms. The second-order valence-corrected chi connectivity index (χ2v) is 6.48. The lowest BCUT2D eigenvalue weighted by Crippen LogP contribution is -2.26. The van der Waals surface area contributed by atoms with E-state index >= 15 is 0 Å². The minimum absolute atomic E-state index is 0.169. The third-order valence-electron chi connectivity index (χ3n) is 4.59. The molecule has 1 aliphatic heterocycles. The Hall–Kier alpha value is -3.09. The van der Waals surface area contributed by atoms with Crippen LogP contribution in [-0.4, -0.2) is 21.2 Å². The topological polar surface area (TPSA) is 44.8 Å². The first-order chi connectivity index (χ1) is 12.9. The fourth-order valence-electron chi connectivity index (χ4n) is 3.26. The molecule has 0 saturated carbocycles. The number of hydrogen-bond acceptors (Lipinski definition) is 3. The zero-order chi connectivity index (χ0) is 19.0. The smallest absolute Gasteiger partial charge is 0.338 e. The zero-order valence-electron chi connectivity index (χ0n) is 14.5. The van der Waals surface area contributed by atoms with Crippen LogP contribution < -0.4 is 4.90 Å². The Bertz CT molecular complexity index is 959. The van der Waals surface area contributed by atoms with Gasteiger partial charge in [-0.05, 0) is 43.7 Å². The highest BCUT2D eigenvalue weighted by molar-refractivity contribution is 5.82. The fourth-order valence-corrected chi connectivity index (χ4v) is 3.26. The molecule has 138 valence electrons. The lowest BCUT2D eigenvalue weighted by Gasteiger charge is -2.28. The van der Waals surface area contributed by atoms with Crippen molar-refractivity contribution >= 4 is 11.4 Å². The van der Waals surface area contributed by atoms with Gasteiger partial charge in [0.05, 0.1) is 5.69 Å². The highest BCUT2D eigenvalue weighted by atomic mass is 19.4. The molecule has 0 amide bonds. The molecule has 0 aliphatic carbocycles. The van der Waals surface area contributed by atoms with Gasteiger partial charge in [-0.15, -0.1) is 0 Å². The van der Waals surface area contributed by atoms with Gasteiger partial charge in [-0.1, -0.05) is 24.3 Å². The standard InChI is InChI=1S/C20H17F3N4/c1-13-7-10-18(27(13)15-5-3-2-4-6-15)14-8-9-16(24-12-14)17-11-19(26-25-17)20(21,22)23/h2-6,8-13H,7H2,1H3,(H,25,26). The number of rotatable bonds is 3. The summed E-state index contributed by atoms with van der Waals surface area (Å²) in [5.74, 6) is 0. The number of nitrogens with one attached hydrogen (secondary N) is 1. The van der Waals surface area contributed by atoms with Gasteiger partial charge in [-0.2, -0.15) is 18.3 Å². The third kappa shape index (κ3) is 3.32. The summed E-state index contributed by atoms with van der Waals surface area (Å²) in [6.45, 7) is 2.15. The number of pyridine rings is 1. The fraction of sp³-hybridized carbons (Fsp3) is 0.200. The molecule has 0 fully saturated rings. The summed E-state index contributed by atoms with van der Waals surface area (Å²) < 4.78 is 38.2. The van der Waals surface area contributed by atoms with Gasteiger partial charge < -0.3 is 4.90 Å². The van der Waals surface area contributed by atoms with Gasteiger partial charge in [-0.25, -0.2) is 0 Å². The van der Waals surface area contributed by atoms with Crippen molar-refractivity contribution in [2.45, 2.75) is 25.6 Å². The van der Waals surface area contributed by atoms with Gasteiger partial charge in [-0.3, -0.25) is 10.1 Å². The molecule has 0 saturated heterocycles. The van der Waals surface area contributed by atoms with Crippen molar-refractivity contribution in [2.75, 3.05) is 4.90 Å². The summed E-state index contributed by atoms with van der Waals surface area (Å²) in [6.07, 6.45) is 0.300. The van der Waals surface area contributed by atoms with Crippen molar-refractivity contribution in [1.29, 1.82) is 0 Å². The van der Waals surface area contributed by atoms with E-state index in [0.717, 1.165) is 29.4 Å². The van der Waals surface area contributed by atoms with Crippen LogP contribution in [0, 0.1) is 0 Å². The van der Waals surface area contributed by atoms with Crippen molar-refractivity contribution in [2.24, 2.45) is 0 Å². The first-order valence-electron chi connectivity index (χ1n) is 8.57. The van der Waals surface area contributed by atoms with E-state index in [1.807, 2.05) is 29.4 Å². The van der Waals surface area contributed by atoms with E-state index in [9.17, 15) is 13.2 Å². The molecule has 3 aromatic rings. The predicted molar refractivity (Wildman–Crippen MR) is 97.8 cm³/mol. The van der Waals surface area contributed by atoms with Crippen LogP contribution in [0.25, 0.3) is 17.1 Å². The van der Waals surface area contributed by atoms with Gasteiger partial charge >= 0.3 is 6.18 Å². The Labute approximate surface area is 154 Å². The van der Waals surface area contributed by atoms with E-state index < -0.39 is 11.9 Å². The molecular weight excluding hydrogens is 353 g/mol. The number of halogens is 3. The Morgan fingerprint density at radius 3 is 2.48 bits per heavy atom. The van der Waals surface area contributed by atoms with Crippen LogP contribution in [0.1, 0.15) is 24.6 Å². The number of benzene rings is 1. The van der Waals surface area contributed by atoms with E-state index in [0.29, 0.717) is 11.7 Å². The number of H-pyrrole nitrogens is 1. The summed E-state index contributed by atoms with van der Waals surface area (Å²) in [5.41, 5.74) is 2.74. The highest BCUT2D eigenvalue weighted by Gasteiger charge is 2.33. The molecule has 27 heavy (non-hydrogen) atoms. The quantitative estimate of drug-likeness (QED) is 0.695. The first-order valence-corrected chi connectivity index (χ1v) is 8.57. The van der Waals surface area contributed by atoms with E-state index in [2.05, 4.69) is 40.1 Å². The minimum atomic E-state index is -4.45. The molecule has 4 rings (SSSR count). The molecule has 0 radical (unpaired) electrons. The number of alkyl halides is 3. The van der Waals surface area contributed by atoms with Gasteiger partial charge in [0.1, 0.15) is 11.4 Å². The molecule has 0 spiro atoms. The molecular formula is C20H17F3N4. The number of anilines is 1. The van der Waals surface area contributed by atoms with E-state index in [4.69, 9.17) is 0 Å². The van der Waals surface area contributed by atoms with Crippen molar-refractivity contribution in [3.8, 4) is 11.4 Å². The van der Waals surface area contributed by atoms with Crippen molar-refractivity contribution in [1.82, 2.24) is 15.2 Å². The summed E-state index contributed by atoms with van der Waals surface area (Å²) in [5, 5.41) is 5.74. The SMILES string of the molecule is CC1CC=C(c2ccc(-c3cc(C(F)(F)F)[nH]n3)nc2)N1c1ccccc1. The Morgan fingerprint density at radius 2 is 1.85 bits per heavy atom. The zero-order valence-corrected chi connectivity index (χ0v) is 14.5. The third-order valence-corrected chi connectivity index (χ3v) is 4.59. The number of aromatic amines is 1. The lowest BCUT2D eigenvalue weighted by atomic mass is 10.1. The minimum Gasteiger partial charge on any atom is -0.338 e. The van der Waals surface area contributed by atoms with Crippen LogP contribution in [0.15, 0.2) is 60.8 Å². The van der Waals surface area contributed by atoms with Crippen LogP contribution in [0.5, 0.6) is 0 Å². The van der Waals surface area contributed by atoms with Crippen molar-refractivity contribution in [3.05, 3.63) is 72.1 Å². The largest absolute Gasteiger partial charge is 0.432 e. The Balaban J connectivity index is 1.61. The van der Waals surface area contributed by atoms with Crippen LogP contribution >= 0.6 is 0 Å². The normalized spacial score (nSPS) is 17.3. The molecule has 1 atom stereocenters. The monoisotopic (exact) mass is 370 g/mol. The van der Waals surface area contributed by atoms with E-state index in [1.165, 1.54) is 0 Å². The Morgan fingerprint density at radius 1 is 1.07 bits per heavy atom.